The molecule has 0 radical (unpaired) electrons. The molecule has 1 amide bonds. The smallest absolute Gasteiger partial charge is 0.255 e. The molecule has 1 saturated heterocycles. The van der Waals surface area contributed by atoms with Crippen LogP contribution in [0.2, 0.25) is 5.15 Å². The number of aromatic nitrogens is 1. The van der Waals surface area contributed by atoms with Crippen molar-refractivity contribution in [2.75, 3.05) is 6.54 Å². The molecule has 0 spiro atoms. The first-order valence-electron chi connectivity index (χ1n) is 6.73. The van der Waals surface area contributed by atoms with E-state index in [1.165, 1.54) is 5.56 Å². The molecule has 1 aromatic carbocycles. The molecule has 3 nitrogen and oxygen atoms in total. The van der Waals surface area contributed by atoms with Crippen LogP contribution in [0.4, 0.5) is 0 Å². The molecule has 102 valence electrons. The second-order valence-electron chi connectivity index (χ2n) is 4.94. The van der Waals surface area contributed by atoms with E-state index in [-0.39, 0.29) is 11.9 Å². The summed E-state index contributed by atoms with van der Waals surface area (Å²) < 4.78 is 0. The molecule has 1 aliphatic heterocycles. The number of carbonyl (C=O) groups is 1. The summed E-state index contributed by atoms with van der Waals surface area (Å²) in [4.78, 5) is 18.5. The SMILES string of the molecule is O=C(c1ccc(Cl)nc1)N1CCCC1c1ccccc1. The number of rotatable bonds is 2. The van der Waals surface area contributed by atoms with Gasteiger partial charge in [0.25, 0.3) is 5.91 Å². The molecule has 0 aliphatic carbocycles. The van der Waals surface area contributed by atoms with E-state index in [0.29, 0.717) is 10.7 Å². The van der Waals surface area contributed by atoms with Gasteiger partial charge in [0.1, 0.15) is 5.15 Å². The Labute approximate surface area is 123 Å². The van der Waals surface area contributed by atoms with Gasteiger partial charge < -0.3 is 4.90 Å². The zero-order valence-corrected chi connectivity index (χ0v) is 11.8. The molecule has 1 unspecified atom stereocenters. The third-order valence-corrected chi connectivity index (χ3v) is 3.90. The Balaban J connectivity index is 1.85. The van der Waals surface area contributed by atoms with Crippen molar-refractivity contribution in [2.45, 2.75) is 18.9 Å². The second-order valence-corrected chi connectivity index (χ2v) is 5.32. The van der Waals surface area contributed by atoms with Gasteiger partial charge in [0.15, 0.2) is 0 Å². The van der Waals surface area contributed by atoms with Crippen LogP contribution < -0.4 is 0 Å². The minimum Gasteiger partial charge on any atom is -0.332 e. The van der Waals surface area contributed by atoms with Crippen molar-refractivity contribution in [3.63, 3.8) is 0 Å². The van der Waals surface area contributed by atoms with Crippen molar-refractivity contribution in [1.82, 2.24) is 9.88 Å². The van der Waals surface area contributed by atoms with Crippen molar-refractivity contribution in [3.05, 3.63) is 64.9 Å². The van der Waals surface area contributed by atoms with Crippen molar-refractivity contribution in [3.8, 4) is 0 Å². The number of nitrogens with zero attached hydrogens (tertiary/aromatic N) is 2. The van der Waals surface area contributed by atoms with E-state index in [1.54, 1.807) is 18.3 Å². The lowest BCUT2D eigenvalue weighted by atomic mass is 10.0. The maximum Gasteiger partial charge on any atom is 0.255 e. The van der Waals surface area contributed by atoms with Gasteiger partial charge >= 0.3 is 0 Å². The highest BCUT2D eigenvalue weighted by Gasteiger charge is 2.30. The largest absolute Gasteiger partial charge is 0.332 e. The third-order valence-electron chi connectivity index (χ3n) is 3.67. The van der Waals surface area contributed by atoms with Crippen molar-refractivity contribution < 1.29 is 4.79 Å². The van der Waals surface area contributed by atoms with E-state index >= 15 is 0 Å². The number of hydrogen-bond donors (Lipinski definition) is 0. The summed E-state index contributed by atoms with van der Waals surface area (Å²) in [6.07, 6.45) is 3.59. The van der Waals surface area contributed by atoms with Gasteiger partial charge in [-0.25, -0.2) is 4.98 Å². The van der Waals surface area contributed by atoms with Gasteiger partial charge in [0.05, 0.1) is 11.6 Å². The van der Waals surface area contributed by atoms with E-state index in [4.69, 9.17) is 11.6 Å². The van der Waals surface area contributed by atoms with Gasteiger partial charge in [-0.3, -0.25) is 4.79 Å². The van der Waals surface area contributed by atoms with Crippen molar-refractivity contribution in [1.29, 1.82) is 0 Å². The monoisotopic (exact) mass is 286 g/mol. The van der Waals surface area contributed by atoms with Gasteiger partial charge in [-0.15, -0.1) is 0 Å². The van der Waals surface area contributed by atoms with Gasteiger partial charge in [-0.1, -0.05) is 41.9 Å². The number of hydrogen-bond acceptors (Lipinski definition) is 2. The topological polar surface area (TPSA) is 33.2 Å². The molecular formula is C16H15ClN2O. The fourth-order valence-corrected chi connectivity index (χ4v) is 2.81. The Hall–Kier alpha value is -1.87. The Bertz CT molecular complexity index is 598. The lowest BCUT2D eigenvalue weighted by Crippen LogP contribution is -2.30. The first kappa shape index (κ1) is 13.1. The lowest BCUT2D eigenvalue weighted by Gasteiger charge is -2.25. The van der Waals surface area contributed by atoms with E-state index in [1.807, 2.05) is 23.1 Å². The maximum absolute atomic E-state index is 12.6. The zero-order valence-electron chi connectivity index (χ0n) is 11.0. The summed E-state index contributed by atoms with van der Waals surface area (Å²) in [7, 11) is 0. The molecule has 0 saturated carbocycles. The molecule has 20 heavy (non-hydrogen) atoms. The van der Waals surface area contributed by atoms with Gasteiger partial charge in [-0.05, 0) is 30.5 Å². The fourth-order valence-electron chi connectivity index (χ4n) is 2.70. The summed E-state index contributed by atoms with van der Waals surface area (Å²) in [5, 5.41) is 0.405. The average molecular weight is 287 g/mol. The van der Waals surface area contributed by atoms with Gasteiger partial charge in [-0.2, -0.15) is 0 Å². The van der Waals surface area contributed by atoms with E-state index in [2.05, 4.69) is 17.1 Å². The predicted molar refractivity (Wildman–Crippen MR) is 78.7 cm³/mol. The first-order valence-corrected chi connectivity index (χ1v) is 7.11. The van der Waals surface area contributed by atoms with Gasteiger partial charge in [0, 0.05) is 12.7 Å². The Morgan fingerprint density at radius 2 is 2.00 bits per heavy atom. The highest BCUT2D eigenvalue weighted by Crippen LogP contribution is 2.32. The first-order chi connectivity index (χ1) is 9.75. The standard InChI is InChI=1S/C16H15ClN2O/c17-15-9-8-13(11-18-15)16(20)19-10-4-7-14(19)12-5-2-1-3-6-12/h1-3,5-6,8-9,11,14H,4,7,10H2. The minimum absolute atomic E-state index is 0.0283. The van der Waals surface area contributed by atoms with Crippen LogP contribution in [0.1, 0.15) is 34.8 Å². The van der Waals surface area contributed by atoms with Crippen LogP contribution in [0, 0.1) is 0 Å². The fraction of sp³-hybridized carbons (Fsp3) is 0.250. The zero-order chi connectivity index (χ0) is 13.9. The van der Waals surface area contributed by atoms with Crippen LogP contribution in [0.5, 0.6) is 0 Å². The van der Waals surface area contributed by atoms with Crippen LogP contribution in [0.15, 0.2) is 48.7 Å². The van der Waals surface area contributed by atoms with Crippen LogP contribution in [-0.2, 0) is 0 Å². The van der Waals surface area contributed by atoms with Crippen molar-refractivity contribution in [2.24, 2.45) is 0 Å². The van der Waals surface area contributed by atoms with Gasteiger partial charge in [0.2, 0.25) is 0 Å². The molecule has 1 aliphatic rings. The molecule has 1 aromatic heterocycles. The number of likely N-dealkylation sites (tertiary alicyclic amines) is 1. The molecule has 4 heteroatoms. The van der Waals surface area contributed by atoms with Crippen molar-refractivity contribution >= 4 is 17.5 Å². The molecule has 1 atom stereocenters. The molecule has 2 aromatic rings. The second kappa shape index (κ2) is 5.63. The average Bonchev–Trinajstić information content (AvgIpc) is 2.97. The third kappa shape index (κ3) is 2.54. The highest BCUT2D eigenvalue weighted by atomic mass is 35.5. The summed E-state index contributed by atoms with van der Waals surface area (Å²) >= 11 is 5.76. The lowest BCUT2D eigenvalue weighted by molar-refractivity contribution is 0.0735. The normalized spacial score (nSPS) is 18.2. The maximum atomic E-state index is 12.6. The van der Waals surface area contributed by atoms with Crippen LogP contribution in [-0.4, -0.2) is 22.3 Å². The summed E-state index contributed by atoms with van der Waals surface area (Å²) in [6.45, 7) is 0.793. The molecule has 2 heterocycles. The predicted octanol–water partition coefficient (Wildman–Crippen LogP) is 3.71. The summed E-state index contributed by atoms with van der Waals surface area (Å²) in [5.41, 5.74) is 1.79. The number of pyridine rings is 1. The molecule has 0 bridgehead atoms. The number of carbonyl (C=O) groups excluding carboxylic acids is 1. The number of halogens is 1. The molecular weight excluding hydrogens is 272 g/mol. The number of benzene rings is 1. The minimum atomic E-state index is 0.0283. The van der Waals surface area contributed by atoms with E-state index < -0.39 is 0 Å². The van der Waals surface area contributed by atoms with Crippen LogP contribution in [0.3, 0.4) is 0 Å². The van der Waals surface area contributed by atoms with E-state index in [9.17, 15) is 4.79 Å². The molecule has 3 rings (SSSR count). The molecule has 1 fully saturated rings. The Kier molecular flexibility index (Phi) is 3.70. The Morgan fingerprint density at radius 1 is 1.20 bits per heavy atom. The quantitative estimate of drug-likeness (QED) is 0.789. The van der Waals surface area contributed by atoms with Crippen LogP contribution >= 0.6 is 11.6 Å². The van der Waals surface area contributed by atoms with Crippen LogP contribution in [0.25, 0.3) is 0 Å². The van der Waals surface area contributed by atoms with E-state index in [0.717, 1.165) is 19.4 Å². The number of amides is 1. The summed E-state index contributed by atoms with van der Waals surface area (Å²) in [5.74, 6) is 0.0283. The highest BCUT2D eigenvalue weighted by molar-refractivity contribution is 6.29. The molecule has 0 N–H and O–H groups in total. The Morgan fingerprint density at radius 3 is 2.70 bits per heavy atom. The summed E-state index contributed by atoms with van der Waals surface area (Å²) in [6, 6.07) is 13.7.